The van der Waals surface area contributed by atoms with E-state index in [9.17, 15) is 4.39 Å². The number of rotatable bonds is 3. The lowest BCUT2D eigenvalue weighted by atomic mass is 10.1. The van der Waals surface area contributed by atoms with Crippen molar-refractivity contribution >= 4 is 17.4 Å². The van der Waals surface area contributed by atoms with Crippen LogP contribution in [0.2, 0.25) is 5.02 Å². The van der Waals surface area contributed by atoms with Gasteiger partial charge in [-0.1, -0.05) is 17.5 Å². The van der Waals surface area contributed by atoms with Crippen LogP contribution >= 0.6 is 11.6 Å². The van der Waals surface area contributed by atoms with E-state index in [1.165, 1.54) is 12.1 Å². The monoisotopic (exact) mass is 289 g/mol. The summed E-state index contributed by atoms with van der Waals surface area (Å²) in [5.74, 6) is 3.98. The van der Waals surface area contributed by atoms with Gasteiger partial charge in [0, 0.05) is 11.5 Å². The Morgan fingerprint density at radius 3 is 2.85 bits per heavy atom. The fourth-order valence-electron chi connectivity index (χ4n) is 2.25. The summed E-state index contributed by atoms with van der Waals surface area (Å²) < 4.78 is 15.1. The Morgan fingerprint density at radius 1 is 1.50 bits per heavy atom. The molecule has 3 rings (SSSR count). The summed E-state index contributed by atoms with van der Waals surface area (Å²) in [4.78, 5) is 4.59. The number of hydrogen-bond donors (Lipinski definition) is 1. The fourth-order valence-corrected chi connectivity index (χ4v) is 2.43. The average molecular weight is 290 g/mol. The van der Waals surface area contributed by atoms with E-state index in [2.05, 4.69) is 10.9 Å². The standard InChI is InChI=1S/C15H13ClFN3/c1-2-7-20-14(18)13(19-15(20)9-3-4-9)10-5-6-12(17)11(16)8-10/h1,5-6,8-9H,3-4,7,18H2. The molecular formula is C15H13ClFN3. The van der Waals surface area contributed by atoms with Crippen molar-refractivity contribution < 1.29 is 4.39 Å². The molecule has 5 heteroatoms. The van der Waals surface area contributed by atoms with E-state index in [1.54, 1.807) is 6.07 Å². The van der Waals surface area contributed by atoms with Gasteiger partial charge in [-0.3, -0.25) is 0 Å². The normalized spacial score (nSPS) is 14.2. The van der Waals surface area contributed by atoms with Crippen molar-refractivity contribution in [2.45, 2.75) is 25.3 Å². The zero-order valence-corrected chi connectivity index (χ0v) is 11.5. The molecule has 0 unspecified atom stereocenters. The fraction of sp³-hybridized carbons (Fsp3) is 0.267. The molecule has 0 bridgehead atoms. The van der Waals surface area contributed by atoms with Crippen molar-refractivity contribution in [3.05, 3.63) is 34.9 Å². The molecule has 1 aliphatic rings. The van der Waals surface area contributed by atoms with E-state index >= 15 is 0 Å². The minimum Gasteiger partial charge on any atom is -0.383 e. The first-order chi connectivity index (χ1) is 9.61. The highest BCUT2D eigenvalue weighted by atomic mass is 35.5. The first-order valence-corrected chi connectivity index (χ1v) is 6.74. The Balaban J connectivity index is 2.11. The van der Waals surface area contributed by atoms with E-state index < -0.39 is 5.82 Å². The number of aromatic nitrogens is 2. The molecule has 1 fully saturated rings. The van der Waals surface area contributed by atoms with E-state index in [0.717, 1.165) is 18.7 Å². The first-order valence-electron chi connectivity index (χ1n) is 6.36. The SMILES string of the molecule is C#CCn1c(C2CC2)nc(-c2ccc(F)c(Cl)c2)c1N. The molecule has 0 amide bonds. The third-order valence-corrected chi connectivity index (χ3v) is 3.71. The maximum Gasteiger partial charge on any atom is 0.141 e. The minimum atomic E-state index is -0.459. The van der Waals surface area contributed by atoms with Crippen LogP contribution in [0.25, 0.3) is 11.3 Å². The predicted octanol–water partition coefficient (Wildman–Crippen LogP) is 3.44. The maximum absolute atomic E-state index is 13.2. The zero-order chi connectivity index (χ0) is 14.3. The molecule has 1 aromatic heterocycles. The summed E-state index contributed by atoms with van der Waals surface area (Å²) in [5.41, 5.74) is 7.46. The summed E-state index contributed by atoms with van der Waals surface area (Å²) in [6, 6.07) is 4.47. The van der Waals surface area contributed by atoms with E-state index in [4.69, 9.17) is 23.8 Å². The van der Waals surface area contributed by atoms with Crippen LogP contribution in [0.1, 0.15) is 24.6 Å². The van der Waals surface area contributed by atoms with Crippen LogP contribution in [0.4, 0.5) is 10.2 Å². The van der Waals surface area contributed by atoms with Crippen molar-refractivity contribution in [2.24, 2.45) is 0 Å². The summed E-state index contributed by atoms with van der Waals surface area (Å²) in [5, 5.41) is 0.0568. The first kappa shape index (κ1) is 13.0. The van der Waals surface area contributed by atoms with Crippen molar-refractivity contribution in [1.82, 2.24) is 9.55 Å². The summed E-state index contributed by atoms with van der Waals surface area (Å²) >= 11 is 5.82. The smallest absolute Gasteiger partial charge is 0.141 e. The lowest BCUT2D eigenvalue weighted by molar-refractivity contribution is 0.628. The topological polar surface area (TPSA) is 43.8 Å². The van der Waals surface area contributed by atoms with Crippen LogP contribution in [-0.2, 0) is 6.54 Å². The molecule has 0 saturated heterocycles. The van der Waals surface area contributed by atoms with E-state index in [1.807, 2.05) is 4.57 Å². The molecule has 2 aromatic rings. The van der Waals surface area contributed by atoms with Gasteiger partial charge in [0.1, 0.15) is 23.2 Å². The Kier molecular flexibility index (Phi) is 3.15. The van der Waals surface area contributed by atoms with Gasteiger partial charge in [0.2, 0.25) is 0 Å². The number of benzene rings is 1. The van der Waals surface area contributed by atoms with Gasteiger partial charge in [0.25, 0.3) is 0 Å². The third-order valence-electron chi connectivity index (χ3n) is 3.42. The van der Waals surface area contributed by atoms with Crippen LogP contribution in [0.3, 0.4) is 0 Å². The molecule has 0 spiro atoms. The largest absolute Gasteiger partial charge is 0.383 e. The lowest BCUT2D eigenvalue weighted by Crippen LogP contribution is -2.05. The number of terminal acetylenes is 1. The van der Waals surface area contributed by atoms with Crippen molar-refractivity contribution in [3.63, 3.8) is 0 Å². The lowest BCUT2D eigenvalue weighted by Gasteiger charge is -2.05. The number of imidazole rings is 1. The highest BCUT2D eigenvalue weighted by Gasteiger charge is 2.30. The van der Waals surface area contributed by atoms with Gasteiger partial charge >= 0.3 is 0 Å². The Hall–Kier alpha value is -1.99. The second-order valence-corrected chi connectivity index (χ2v) is 5.30. The van der Waals surface area contributed by atoms with Gasteiger partial charge in [0.05, 0.1) is 11.6 Å². The molecule has 0 aliphatic heterocycles. The van der Waals surface area contributed by atoms with Crippen molar-refractivity contribution in [2.75, 3.05) is 5.73 Å². The van der Waals surface area contributed by atoms with Crippen LogP contribution < -0.4 is 5.73 Å². The summed E-state index contributed by atoms with van der Waals surface area (Å²) in [7, 11) is 0. The highest BCUT2D eigenvalue weighted by molar-refractivity contribution is 6.31. The molecule has 0 atom stereocenters. The second kappa shape index (κ2) is 4.84. The molecule has 1 heterocycles. The Morgan fingerprint density at radius 2 is 2.25 bits per heavy atom. The van der Waals surface area contributed by atoms with Crippen LogP contribution in [-0.4, -0.2) is 9.55 Å². The zero-order valence-electron chi connectivity index (χ0n) is 10.7. The Bertz CT molecular complexity index is 711. The van der Waals surface area contributed by atoms with Crippen LogP contribution in [0.15, 0.2) is 18.2 Å². The van der Waals surface area contributed by atoms with Gasteiger partial charge in [-0.2, -0.15) is 0 Å². The van der Waals surface area contributed by atoms with Gasteiger partial charge < -0.3 is 10.3 Å². The molecule has 1 saturated carbocycles. The minimum absolute atomic E-state index is 0.0568. The van der Waals surface area contributed by atoms with Crippen LogP contribution in [0.5, 0.6) is 0 Å². The second-order valence-electron chi connectivity index (χ2n) is 4.90. The number of nitrogens with two attached hydrogens (primary N) is 1. The van der Waals surface area contributed by atoms with Gasteiger partial charge in [-0.05, 0) is 31.0 Å². The van der Waals surface area contributed by atoms with Gasteiger partial charge in [-0.15, -0.1) is 6.42 Å². The number of halogens is 2. The number of nitrogen functional groups attached to an aromatic ring is 1. The Labute approximate surface area is 121 Å². The van der Waals surface area contributed by atoms with Gasteiger partial charge in [0.15, 0.2) is 0 Å². The molecule has 3 nitrogen and oxygen atoms in total. The van der Waals surface area contributed by atoms with Crippen molar-refractivity contribution in [1.29, 1.82) is 0 Å². The quantitative estimate of drug-likeness (QED) is 0.880. The number of nitrogens with zero attached hydrogens (tertiary/aromatic N) is 2. The van der Waals surface area contributed by atoms with Crippen molar-refractivity contribution in [3.8, 4) is 23.6 Å². The highest BCUT2D eigenvalue weighted by Crippen LogP contribution is 2.42. The molecule has 2 N–H and O–H groups in total. The van der Waals surface area contributed by atoms with Gasteiger partial charge in [-0.25, -0.2) is 9.37 Å². The molecule has 0 radical (unpaired) electrons. The molecular weight excluding hydrogens is 277 g/mol. The summed E-state index contributed by atoms with van der Waals surface area (Å²) in [6.45, 7) is 0.388. The molecule has 1 aromatic carbocycles. The van der Waals surface area contributed by atoms with E-state index in [-0.39, 0.29) is 5.02 Å². The number of anilines is 1. The van der Waals surface area contributed by atoms with E-state index in [0.29, 0.717) is 29.5 Å². The predicted molar refractivity (Wildman–Crippen MR) is 77.9 cm³/mol. The summed E-state index contributed by atoms with van der Waals surface area (Å²) in [6.07, 6.45) is 7.59. The van der Waals surface area contributed by atoms with Crippen LogP contribution in [0, 0.1) is 18.2 Å². The molecule has 1 aliphatic carbocycles. The molecule has 20 heavy (non-hydrogen) atoms. The third kappa shape index (κ3) is 2.14. The average Bonchev–Trinajstić information content (AvgIpc) is 3.21. The number of hydrogen-bond acceptors (Lipinski definition) is 2. The maximum atomic E-state index is 13.2. The molecule has 102 valence electrons.